The van der Waals surface area contributed by atoms with E-state index >= 15 is 0 Å². The Kier molecular flexibility index (Phi) is 7.52. The lowest BCUT2D eigenvalue weighted by molar-refractivity contribution is -0.139. The molecule has 0 spiro atoms. The molecule has 0 aromatic rings. The number of carbonyl (C=O) groups is 2. The van der Waals surface area contributed by atoms with Crippen molar-refractivity contribution in [2.45, 2.75) is 17.6 Å². The summed E-state index contributed by atoms with van der Waals surface area (Å²) in [4.78, 5) is 21.7. The molecule has 0 radical (unpaired) electrons. The fourth-order valence-corrected chi connectivity index (χ4v) is 3.78. The van der Waals surface area contributed by atoms with Crippen LogP contribution in [0.5, 0.6) is 0 Å². The van der Waals surface area contributed by atoms with Gasteiger partial charge in [0.2, 0.25) is 0 Å². The predicted molar refractivity (Wildman–Crippen MR) is 80.9 cm³/mol. The van der Waals surface area contributed by atoms with Gasteiger partial charge >= 0.3 is 11.9 Å². The van der Waals surface area contributed by atoms with Crippen molar-refractivity contribution in [1.82, 2.24) is 0 Å². The Morgan fingerprint density at radius 2 is 1.50 bits per heavy atom. The minimum absolute atomic E-state index is 0.0129. The normalized spacial score (nSPS) is 10.9. The van der Waals surface area contributed by atoms with E-state index in [0.29, 0.717) is 0 Å². The summed E-state index contributed by atoms with van der Waals surface area (Å²) in [6.07, 6.45) is -0.784. The predicted octanol–water partition coefficient (Wildman–Crippen LogP) is 0.628. The molecule has 0 heterocycles. The van der Waals surface area contributed by atoms with E-state index in [-0.39, 0.29) is 14.4 Å². The Balaban J connectivity index is 5.08. The Morgan fingerprint density at radius 1 is 1.06 bits per heavy atom. The molecule has 0 aliphatic carbocycles. The van der Waals surface area contributed by atoms with Gasteiger partial charge in [0.05, 0.1) is 17.6 Å². The summed E-state index contributed by atoms with van der Waals surface area (Å²) in [6, 6.07) is 0. The lowest BCUT2D eigenvalue weighted by Gasteiger charge is -2.28. The summed E-state index contributed by atoms with van der Waals surface area (Å²) in [6.45, 7) is 0. The topological polar surface area (TPSA) is 127 Å². The van der Waals surface area contributed by atoms with Crippen LogP contribution in [0.15, 0.2) is 0 Å². The molecule has 18 heavy (non-hydrogen) atoms. The largest absolute Gasteiger partial charge is 0.481 e. The van der Waals surface area contributed by atoms with E-state index in [1.807, 2.05) is 0 Å². The molecule has 0 aromatic heterocycles. The highest BCUT2D eigenvalue weighted by Crippen LogP contribution is 2.36. The van der Waals surface area contributed by atoms with Gasteiger partial charge in [-0.1, -0.05) is 48.0 Å². The molecule has 0 aliphatic heterocycles. The number of aliphatic carboxylic acids is 2. The van der Waals surface area contributed by atoms with Crippen LogP contribution in [0.4, 0.5) is 0 Å². The highest BCUT2D eigenvalue weighted by atomic mass is 32.2. The molecule has 10 heteroatoms. The number of carboxylic acid groups (broad SMARTS) is 2. The van der Waals surface area contributed by atoms with Crippen LogP contribution in [-0.2, 0) is 9.59 Å². The summed E-state index contributed by atoms with van der Waals surface area (Å²) in [5.74, 6) is -2.16. The number of rotatable bonds is 7. The van der Waals surface area contributed by atoms with Gasteiger partial charge in [0, 0.05) is 5.75 Å². The average Bonchev–Trinajstić information content (AvgIpc) is 2.11. The molecule has 6 nitrogen and oxygen atoms in total. The van der Waals surface area contributed by atoms with E-state index in [1.165, 1.54) is 0 Å². The minimum atomic E-state index is -1.16. The summed E-state index contributed by atoms with van der Waals surface area (Å²) >= 11 is 11.3. The molecular weight excluding hydrogens is 316 g/mol. The van der Waals surface area contributed by atoms with E-state index < -0.39 is 29.5 Å². The zero-order valence-electron chi connectivity index (χ0n) is 9.12. The van der Waals surface area contributed by atoms with Crippen LogP contribution < -0.4 is 11.5 Å². The minimum Gasteiger partial charge on any atom is -0.481 e. The van der Waals surface area contributed by atoms with E-state index in [1.54, 1.807) is 0 Å². The summed E-state index contributed by atoms with van der Waals surface area (Å²) in [5.41, 5.74) is 10.7. The molecule has 0 bridgehead atoms. The lowest BCUT2D eigenvalue weighted by atomic mass is 10.0. The fourth-order valence-electron chi connectivity index (χ4n) is 1.23. The smallest absolute Gasteiger partial charge is 0.304 e. The molecule has 0 rings (SSSR count). The molecule has 0 saturated carbocycles. The number of thiocarbonyl (C=S) groups is 2. The third kappa shape index (κ3) is 7.69. The van der Waals surface area contributed by atoms with Gasteiger partial charge in [-0.05, 0) is 0 Å². The molecular formula is C8H12N2O4S4. The van der Waals surface area contributed by atoms with E-state index in [9.17, 15) is 9.59 Å². The summed E-state index contributed by atoms with van der Waals surface area (Å²) in [5, 5.41) is 17.8. The van der Waals surface area contributed by atoms with Crippen molar-refractivity contribution < 1.29 is 19.8 Å². The first-order chi connectivity index (χ1) is 8.17. The molecule has 0 saturated heterocycles. The van der Waals surface area contributed by atoms with Gasteiger partial charge < -0.3 is 21.7 Å². The first kappa shape index (κ1) is 17.4. The van der Waals surface area contributed by atoms with Crippen LogP contribution in [-0.4, -0.2) is 41.3 Å². The SMILES string of the molecule is NC(=S)SCC(CC(=O)O)(CC(=O)O)SC(N)=S. The number of nitrogens with two attached hydrogens (primary N) is 2. The number of thioether (sulfide) groups is 2. The van der Waals surface area contributed by atoms with E-state index in [0.717, 1.165) is 23.5 Å². The van der Waals surface area contributed by atoms with Gasteiger partial charge in [-0.15, -0.1) is 0 Å². The molecule has 102 valence electrons. The molecule has 0 atom stereocenters. The Morgan fingerprint density at radius 3 is 1.78 bits per heavy atom. The van der Waals surface area contributed by atoms with Gasteiger partial charge in [0.1, 0.15) is 8.64 Å². The maximum atomic E-state index is 10.9. The quantitative estimate of drug-likeness (QED) is 0.494. The van der Waals surface area contributed by atoms with Crippen molar-refractivity contribution >= 4 is 68.5 Å². The van der Waals surface area contributed by atoms with Crippen molar-refractivity contribution in [2.24, 2.45) is 11.5 Å². The van der Waals surface area contributed by atoms with Crippen LogP contribution in [0.1, 0.15) is 12.8 Å². The monoisotopic (exact) mass is 328 g/mol. The van der Waals surface area contributed by atoms with Gasteiger partial charge in [-0.3, -0.25) is 9.59 Å². The van der Waals surface area contributed by atoms with Crippen molar-refractivity contribution in [3.05, 3.63) is 0 Å². The third-order valence-electron chi connectivity index (χ3n) is 1.74. The zero-order chi connectivity index (χ0) is 14.3. The Labute approximate surface area is 123 Å². The maximum absolute atomic E-state index is 10.9. The number of carboxylic acids is 2. The van der Waals surface area contributed by atoms with Crippen molar-refractivity contribution in [3.63, 3.8) is 0 Å². The zero-order valence-corrected chi connectivity index (χ0v) is 12.4. The van der Waals surface area contributed by atoms with Gasteiger partial charge in [0.15, 0.2) is 0 Å². The molecule has 0 unspecified atom stereocenters. The first-order valence-corrected chi connectivity index (χ1v) is 7.13. The van der Waals surface area contributed by atoms with Gasteiger partial charge in [0.25, 0.3) is 0 Å². The van der Waals surface area contributed by atoms with Crippen molar-refractivity contribution in [2.75, 3.05) is 5.75 Å². The highest BCUT2D eigenvalue weighted by molar-refractivity contribution is 8.26. The second-order valence-electron chi connectivity index (χ2n) is 3.35. The van der Waals surface area contributed by atoms with Crippen LogP contribution >= 0.6 is 48.0 Å². The molecule has 0 aliphatic rings. The molecule has 0 fully saturated rings. The van der Waals surface area contributed by atoms with Gasteiger partial charge in [-0.25, -0.2) is 0 Å². The standard InChI is InChI=1S/C8H12N2O4S4/c9-6(15)17-3-8(1-4(11)12,2-5(13)14)18-7(10)16/h1-3H2,(H2,9,15)(H2,10,16)(H,11,12)(H,13,14). The van der Waals surface area contributed by atoms with Crippen LogP contribution in [0.2, 0.25) is 0 Å². The van der Waals surface area contributed by atoms with Crippen molar-refractivity contribution in [3.8, 4) is 0 Å². The average molecular weight is 328 g/mol. The Bertz CT molecular complexity index is 333. The lowest BCUT2D eigenvalue weighted by Crippen LogP contribution is -2.37. The summed E-state index contributed by atoms with van der Waals surface area (Å²) < 4.78 is -1.06. The second kappa shape index (κ2) is 7.77. The van der Waals surface area contributed by atoms with Crippen LogP contribution in [0.3, 0.4) is 0 Å². The van der Waals surface area contributed by atoms with E-state index in [2.05, 4.69) is 12.2 Å². The molecule has 0 aromatic carbocycles. The molecule has 0 amide bonds. The molecule has 6 N–H and O–H groups in total. The summed E-state index contributed by atoms with van der Waals surface area (Å²) in [7, 11) is 0. The fraction of sp³-hybridized carbons (Fsp3) is 0.500. The number of hydrogen-bond acceptors (Lipinski definition) is 6. The third-order valence-corrected chi connectivity index (χ3v) is 4.58. The maximum Gasteiger partial charge on any atom is 0.304 e. The van der Waals surface area contributed by atoms with Crippen LogP contribution in [0.25, 0.3) is 0 Å². The second-order valence-corrected chi connectivity index (χ2v) is 7.28. The van der Waals surface area contributed by atoms with Crippen LogP contribution in [0, 0.1) is 0 Å². The Hall–Kier alpha value is -0.580. The number of hydrogen-bond donors (Lipinski definition) is 4. The van der Waals surface area contributed by atoms with E-state index in [4.69, 9.17) is 33.9 Å². The highest BCUT2D eigenvalue weighted by Gasteiger charge is 2.37. The van der Waals surface area contributed by atoms with Gasteiger partial charge in [-0.2, -0.15) is 0 Å². The van der Waals surface area contributed by atoms with Crippen molar-refractivity contribution in [1.29, 1.82) is 0 Å². The first-order valence-electron chi connectivity index (χ1n) is 4.51.